The number of likely N-dealkylation sites (N-methyl/N-ethyl adjacent to an activating group) is 1. The Kier molecular flexibility index (Phi) is 52.7. The Labute approximate surface area is 459 Å². The number of esters is 2. The maximum absolute atomic E-state index is 12.9. The van der Waals surface area contributed by atoms with Crippen molar-refractivity contribution < 1.29 is 42.9 Å². The molecule has 9 heteroatoms. The van der Waals surface area contributed by atoms with Crippen molar-refractivity contribution >= 4 is 17.9 Å². The van der Waals surface area contributed by atoms with Gasteiger partial charge >= 0.3 is 17.9 Å². The molecule has 9 nitrogen and oxygen atoms in total. The molecule has 75 heavy (non-hydrogen) atoms. The molecule has 2 atom stereocenters. The van der Waals surface area contributed by atoms with Crippen molar-refractivity contribution in [3.05, 3.63) is 122 Å². The van der Waals surface area contributed by atoms with Gasteiger partial charge in [-0.2, -0.15) is 0 Å². The molecule has 0 bridgehead atoms. The molecule has 0 rings (SSSR count). The molecule has 0 heterocycles. The summed E-state index contributed by atoms with van der Waals surface area (Å²) in [5.41, 5.74) is 0. The number of carbonyl (C=O) groups excluding carboxylic acids is 2. The summed E-state index contributed by atoms with van der Waals surface area (Å²) in [5.74, 6) is -2.03. The van der Waals surface area contributed by atoms with Crippen molar-refractivity contribution in [3.63, 3.8) is 0 Å². The Morgan fingerprint density at radius 2 is 0.720 bits per heavy atom. The summed E-state index contributed by atoms with van der Waals surface area (Å²) in [7, 11) is 5.96. The molecule has 0 aromatic heterocycles. The lowest BCUT2D eigenvalue weighted by Gasteiger charge is -2.25. The van der Waals surface area contributed by atoms with Crippen LogP contribution in [-0.2, 0) is 33.3 Å². The highest BCUT2D eigenvalue weighted by Gasteiger charge is 2.25. The van der Waals surface area contributed by atoms with E-state index in [-0.39, 0.29) is 38.6 Å². The number of hydrogen-bond donors (Lipinski definition) is 1. The summed E-state index contributed by atoms with van der Waals surface area (Å²) in [5, 5.41) is 9.71. The van der Waals surface area contributed by atoms with Crippen LogP contribution in [0.4, 0.5) is 0 Å². The molecule has 1 N–H and O–H groups in total. The van der Waals surface area contributed by atoms with Crippen LogP contribution in [0.5, 0.6) is 0 Å². The number of aliphatic carboxylic acids is 1. The van der Waals surface area contributed by atoms with E-state index in [1.54, 1.807) is 0 Å². The van der Waals surface area contributed by atoms with Gasteiger partial charge in [-0.05, 0) is 103 Å². The molecule has 0 aromatic carbocycles. The summed E-state index contributed by atoms with van der Waals surface area (Å²) in [4.78, 5) is 37.5. The molecule has 0 aliphatic heterocycles. The first-order chi connectivity index (χ1) is 36.6. The Bertz CT molecular complexity index is 1640. The Hall–Kier alpha value is -4.31. The predicted octanol–water partition coefficient (Wildman–Crippen LogP) is 17.7. The van der Waals surface area contributed by atoms with E-state index in [1.807, 2.05) is 21.1 Å². The largest absolute Gasteiger partial charge is 0.477 e. The monoisotopic (exact) mass is 1040 g/mol. The van der Waals surface area contributed by atoms with Gasteiger partial charge in [-0.3, -0.25) is 9.59 Å². The van der Waals surface area contributed by atoms with Crippen LogP contribution in [0.15, 0.2) is 122 Å². The van der Waals surface area contributed by atoms with E-state index < -0.39 is 24.3 Å². The van der Waals surface area contributed by atoms with Gasteiger partial charge in [0.05, 0.1) is 34.4 Å². The fourth-order valence-electron chi connectivity index (χ4n) is 7.71. The molecule has 0 saturated carbocycles. The number of ether oxygens (including phenoxy) is 4. The van der Waals surface area contributed by atoms with Gasteiger partial charge < -0.3 is 28.5 Å². The Morgan fingerprint density at radius 1 is 0.400 bits per heavy atom. The standard InChI is InChI=1S/C66H109NO8/c1-6-8-10-12-14-16-18-20-22-24-26-28-30-31-32-33-35-37-39-41-43-45-47-49-51-53-55-57-64(69)75-62(61-74-66(65(70)71)72-59-58-67(3,4)5)60-73-63(68)56-54-52-50-48-46-44-42-40-38-36-34-29-27-25-23-21-19-17-15-13-11-9-7-2/h8-11,14-17,20-23,26-29,31-32,36,38,62,66H,6-7,12-13,18-19,24-25,30,33-35,37,39-61H2,1-5H3/p+1/b10-8-,11-9-,16-14-,17-15-,22-20-,23-21-,28-26-,29-27-,32-31-,38-36-. The number of carboxylic acids is 1. The molecule has 0 saturated heterocycles. The zero-order valence-electron chi connectivity index (χ0n) is 48.4. The minimum Gasteiger partial charge on any atom is -0.477 e. The summed E-state index contributed by atoms with van der Waals surface area (Å²) in [6.07, 6.45) is 75.5. The lowest BCUT2D eigenvalue weighted by atomic mass is 10.0. The summed E-state index contributed by atoms with van der Waals surface area (Å²) >= 11 is 0. The van der Waals surface area contributed by atoms with Crippen LogP contribution < -0.4 is 0 Å². The highest BCUT2D eigenvalue weighted by molar-refractivity contribution is 5.71. The quantitative estimate of drug-likeness (QED) is 0.0211. The van der Waals surface area contributed by atoms with E-state index in [4.69, 9.17) is 18.9 Å². The van der Waals surface area contributed by atoms with Crippen LogP contribution in [0.3, 0.4) is 0 Å². The van der Waals surface area contributed by atoms with Crippen molar-refractivity contribution in [1.29, 1.82) is 0 Å². The minimum absolute atomic E-state index is 0.179. The molecule has 0 aliphatic carbocycles. The van der Waals surface area contributed by atoms with Gasteiger partial charge in [-0.15, -0.1) is 0 Å². The molecule has 2 unspecified atom stereocenters. The van der Waals surface area contributed by atoms with Crippen molar-refractivity contribution in [2.45, 2.75) is 232 Å². The fourth-order valence-corrected chi connectivity index (χ4v) is 7.71. The zero-order chi connectivity index (χ0) is 54.8. The maximum atomic E-state index is 12.9. The Morgan fingerprint density at radius 3 is 1.07 bits per heavy atom. The second-order valence-electron chi connectivity index (χ2n) is 20.5. The SMILES string of the molecule is CC/C=C\C/C=C\C/C=C\C/C=C\C/C=C\CCCCCCCCCCCCCC(=O)OC(COC(=O)CCCCCCCCC/C=C\C/C=C\C/C=C\C/C=C\C/C=C\CC)COC(OCC[N+](C)(C)C)C(=O)O. The van der Waals surface area contributed by atoms with E-state index in [0.717, 1.165) is 122 Å². The summed E-state index contributed by atoms with van der Waals surface area (Å²) in [6, 6.07) is 0. The van der Waals surface area contributed by atoms with Crippen LogP contribution >= 0.6 is 0 Å². The summed E-state index contributed by atoms with van der Waals surface area (Å²) < 4.78 is 22.9. The molecule has 0 spiro atoms. The highest BCUT2D eigenvalue weighted by Crippen LogP contribution is 2.15. The topological polar surface area (TPSA) is 108 Å². The normalized spacial score (nSPS) is 13.7. The zero-order valence-corrected chi connectivity index (χ0v) is 48.4. The number of quaternary nitrogens is 1. The lowest BCUT2D eigenvalue weighted by Crippen LogP contribution is -2.40. The molecule has 426 valence electrons. The average molecular weight is 1050 g/mol. The number of carboxylic acid groups (broad SMARTS) is 1. The summed E-state index contributed by atoms with van der Waals surface area (Å²) in [6.45, 7) is 4.62. The Balaban J connectivity index is 4.29. The van der Waals surface area contributed by atoms with Gasteiger partial charge in [0.2, 0.25) is 0 Å². The van der Waals surface area contributed by atoms with E-state index in [0.29, 0.717) is 17.4 Å². The third kappa shape index (κ3) is 57.2. The van der Waals surface area contributed by atoms with E-state index in [1.165, 1.54) is 64.2 Å². The molecule has 0 radical (unpaired) electrons. The van der Waals surface area contributed by atoms with Gasteiger partial charge in [0.15, 0.2) is 6.10 Å². The first-order valence-corrected chi connectivity index (χ1v) is 29.7. The van der Waals surface area contributed by atoms with Crippen LogP contribution in [0.2, 0.25) is 0 Å². The van der Waals surface area contributed by atoms with Gasteiger partial charge in [-0.25, -0.2) is 4.79 Å². The van der Waals surface area contributed by atoms with Crippen molar-refractivity contribution in [3.8, 4) is 0 Å². The number of hydrogen-bond acceptors (Lipinski definition) is 7. The van der Waals surface area contributed by atoms with Gasteiger partial charge in [0, 0.05) is 12.8 Å². The highest BCUT2D eigenvalue weighted by atomic mass is 16.7. The number of carbonyl (C=O) groups is 3. The van der Waals surface area contributed by atoms with Crippen molar-refractivity contribution in [2.24, 2.45) is 0 Å². The van der Waals surface area contributed by atoms with E-state index in [2.05, 4.69) is 135 Å². The first-order valence-electron chi connectivity index (χ1n) is 29.7. The number of allylic oxidation sites excluding steroid dienone is 20. The molecule has 0 aliphatic rings. The number of unbranched alkanes of at least 4 members (excludes halogenated alkanes) is 18. The van der Waals surface area contributed by atoms with Crippen LogP contribution in [0.25, 0.3) is 0 Å². The minimum atomic E-state index is -1.52. The van der Waals surface area contributed by atoms with E-state index >= 15 is 0 Å². The van der Waals surface area contributed by atoms with Crippen LogP contribution in [0.1, 0.15) is 219 Å². The van der Waals surface area contributed by atoms with Crippen LogP contribution in [0, 0.1) is 0 Å². The fraction of sp³-hybridized carbons (Fsp3) is 0.652. The third-order valence-corrected chi connectivity index (χ3v) is 12.2. The van der Waals surface area contributed by atoms with Crippen molar-refractivity contribution in [1.82, 2.24) is 0 Å². The maximum Gasteiger partial charge on any atom is 0.361 e. The average Bonchev–Trinajstić information content (AvgIpc) is 3.38. The smallest absolute Gasteiger partial charge is 0.361 e. The third-order valence-electron chi connectivity index (χ3n) is 12.2. The first kappa shape index (κ1) is 70.7. The predicted molar refractivity (Wildman–Crippen MR) is 318 cm³/mol. The molecule has 0 fully saturated rings. The van der Waals surface area contributed by atoms with Crippen LogP contribution in [-0.4, -0.2) is 87.4 Å². The molecule has 0 amide bonds. The molecule has 0 aromatic rings. The van der Waals surface area contributed by atoms with E-state index in [9.17, 15) is 19.5 Å². The second kappa shape index (κ2) is 55.9. The second-order valence-corrected chi connectivity index (χ2v) is 20.5. The van der Waals surface area contributed by atoms with Gasteiger partial charge in [0.1, 0.15) is 13.2 Å². The number of nitrogens with zero attached hydrogens (tertiary/aromatic N) is 1. The van der Waals surface area contributed by atoms with Crippen molar-refractivity contribution in [2.75, 3.05) is 47.5 Å². The molecular formula is C66H110NO8+. The van der Waals surface area contributed by atoms with Gasteiger partial charge in [0.25, 0.3) is 6.29 Å². The lowest BCUT2D eigenvalue weighted by molar-refractivity contribution is -0.870. The van der Waals surface area contributed by atoms with Gasteiger partial charge in [-0.1, -0.05) is 225 Å². The number of rotatable bonds is 53. The molecular weight excluding hydrogens is 935 g/mol.